The number of fused-ring (bicyclic) bond motifs is 1. The molecular weight excluding hydrogens is 440 g/mol. The van der Waals surface area contributed by atoms with Gasteiger partial charge >= 0.3 is 0 Å². The number of carbonyl (C=O) groups excluding carboxylic acids is 2. The smallest absolute Gasteiger partial charge is 0.228 e. The lowest BCUT2D eigenvalue weighted by Crippen LogP contribution is -2.51. The van der Waals surface area contributed by atoms with E-state index in [0.717, 1.165) is 23.2 Å². The van der Waals surface area contributed by atoms with Crippen LogP contribution in [0.3, 0.4) is 0 Å². The van der Waals surface area contributed by atoms with Crippen LogP contribution in [-0.4, -0.2) is 70.4 Å². The molecular formula is C28H34N4O3. The molecule has 7 nitrogen and oxygen atoms in total. The van der Waals surface area contributed by atoms with Crippen molar-refractivity contribution < 1.29 is 14.3 Å². The van der Waals surface area contributed by atoms with E-state index in [9.17, 15) is 9.59 Å². The molecule has 2 aliphatic rings. The maximum Gasteiger partial charge on any atom is 0.228 e. The zero-order valence-electron chi connectivity index (χ0n) is 20.4. The summed E-state index contributed by atoms with van der Waals surface area (Å²) < 4.78 is 7.98. The van der Waals surface area contributed by atoms with E-state index in [-0.39, 0.29) is 17.7 Å². The van der Waals surface area contributed by atoms with Crippen molar-refractivity contribution in [3.8, 4) is 0 Å². The van der Waals surface area contributed by atoms with Crippen LogP contribution in [0.15, 0.2) is 61.1 Å². The Bertz CT molecular complexity index is 1170. The SMILES string of the molecule is CC1(C(=O)N2CCOCC(Cc3nccn4cccc34)C2)CCN(C(=O)Cc2ccccc2)CC1. The van der Waals surface area contributed by atoms with Gasteiger partial charge in [0.1, 0.15) is 0 Å². The number of nitrogens with zero attached hydrogens (tertiary/aromatic N) is 4. The molecule has 2 aromatic heterocycles. The van der Waals surface area contributed by atoms with Gasteiger partial charge in [0.15, 0.2) is 0 Å². The molecule has 184 valence electrons. The molecule has 0 N–H and O–H groups in total. The molecule has 4 heterocycles. The van der Waals surface area contributed by atoms with E-state index in [1.54, 1.807) is 0 Å². The lowest BCUT2D eigenvalue weighted by Gasteiger charge is -2.41. The third kappa shape index (κ3) is 5.25. The van der Waals surface area contributed by atoms with Crippen molar-refractivity contribution in [3.05, 3.63) is 72.3 Å². The molecule has 1 atom stereocenters. The van der Waals surface area contributed by atoms with E-state index in [1.807, 2.05) is 64.8 Å². The standard InChI is InChI=1S/C28H34N4O3/c1-28(9-13-31(14-10-28)26(33)19-22-6-3-2-4-7-22)27(34)32-16-17-35-21-23(20-32)18-24-25-8-5-12-30(25)15-11-29-24/h2-8,11-12,15,23H,9-10,13-14,16-21H2,1H3. The van der Waals surface area contributed by atoms with Gasteiger partial charge in [-0.2, -0.15) is 0 Å². The number of likely N-dealkylation sites (tertiary alicyclic amines) is 1. The summed E-state index contributed by atoms with van der Waals surface area (Å²) >= 11 is 0. The van der Waals surface area contributed by atoms with Crippen molar-refractivity contribution in [2.24, 2.45) is 11.3 Å². The van der Waals surface area contributed by atoms with Crippen molar-refractivity contribution in [1.82, 2.24) is 19.2 Å². The number of hydrogen-bond donors (Lipinski definition) is 0. The second kappa shape index (κ2) is 10.2. The van der Waals surface area contributed by atoms with E-state index >= 15 is 0 Å². The molecule has 1 aromatic carbocycles. The van der Waals surface area contributed by atoms with Crippen LogP contribution in [0.1, 0.15) is 31.0 Å². The Labute approximate surface area is 206 Å². The van der Waals surface area contributed by atoms with Crippen LogP contribution in [0.4, 0.5) is 0 Å². The number of piperidine rings is 1. The Morgan fingerprint density at radius 2 is 1.83 bits per heavy atom. The highest BCUT2D eigenvalue weighted by molar-refractivity contribution is 5.83. The molecule has 5 rings (SSSR count). The minimum atomic E-state index is -0.446. The molecule has 0 spiro atoms. The lowest BCUT2D eigenvalue weighted by atomic mass is 9.78. The van der Waals surface area contributed by atoms with E-state index in [0.29, 0.717) is 58.7 Å². The summed E-state index contributed by atoms with van der Waals surface area (Å²) in [4.78, 5) is 35.0. The second-order valence-corrected chi connectivity index (χ2v) is 10.2. The fourth-order valence-corrected chi connectivity index (χ4v) is 5.38. The van der Waals surface area contributed by atoms with Crippen molar-refractivity contribution in [2.45, 2.75) is 32.6 Å². The molecule has 0 saturated carbocycles. The van der Waals surface area contributed by atoms with Crippen molar-refractivity contribution in [1.29, 1.82) is 0 Å². The molecule has 1 unspecified atom stereocenters. The molecule has 2 aliphatic heterocycles. The van der Waals surface area contributed by atoms with E-state index < -0.39 is 5.41 Å². The third-order valence-corrected chi connectivity index (χ3v) is 7.57. The van der Waals surface area contributed by atoms with Crippen LogP contribution in [0.25, 0.3) is 5.52 Å². The molecule has 3 aromatic rings. The van der Waals surface area contributed by atoms with Crippen molar-refractivity contribution in [2.75, 3.05) is 39.4 Å². The van der Waals surface area contributed by atoms with Gasteiger partial charge < -0.3 is 18.9 Å². The number of hydrogen-bond acceptors (Lipinski definition) is 4. The molecule has 0 aliphatic carbocycles. The van der Waals surface area contributed by atoms with Crippen molar-refractivity contribution in [3.63, 3.8) is 0 Å². The molecule has 35 heavy (non-hydrogen) atoms. The number of aromatic nitrogens is 2. The number of benzene rings is 1. The zero-order valence-corrected chi connectivity index (χ0v) is 20.4. The van der Waals surface area contributed by atoms with E-state index in [1.165, 1.54) is 0 Å². The van der Waals surface area contributed by atoms with Gasteiger partial charge in [0.2, 0.25) is 11.8 Å². The van der Waals surface area contributed by atoms with Gasteiger partial charge in [-0.25, -0.2) is 0 Å². The van der Waals surface area contributed by atoms with Gasteiger partial charge in [-0.05, 0) is 37.0 Å². The summed E-state index contributed by atoms with van der Waals surface area (Å²) in [6.45, 7) is 5.80. The zero-order chi connectivity index (χ0) is 24.3. The van der Waals surface area contributed by atoms with Gasteiger partial charge in [0.25, 0.3) is 0 Å². The number of carbonyl (C=O) groups is 2. The monoisotopic (exact) mass is 474 g/mol. The minimum Gasteiger partial charge on any atom is -0.379 e. The summed E-state index contributed by atoms with van der Waals surface area (Å²) in [5, 5.41) is 0. The Balaban J connectivity index is 1.20. The predicted molar refractivity (Wildman–Crippen MR) is 134 cm³/mol. The summed E-state index contributed by atoms with van der Waals surface area (Å²) in [7, 11) is 0. The number of ether oxygens (including phenoxy) is 1. The molecule has 2 fully saturated rings. The summed E-state index contributed by atoms with van der Waals surface area (Å²) in [6, 6.07) is 14.0. The van der Waals surface area contributed by atoms with Gasteiger partial charge in [0.05, 0.1) is 30.8 Å². The summed E-state index contributed by atoms with van der Waals surface area (Å²) in [5.74, 6) is 0.532. The highest BCUT2D eigenvalue weighted by Crippen LogP contribution is 2.34. The highest BCUT2D eigenvalue weighted by Gasteiger charge is 2.41. The third-order valence-electron chi connectivity index (χ3n) is 7.57. The number of rotatable bonds is 5. The average Bonchev–Trinajstić information content (AvgIpc) is 3.24. The largest absolute Gasteiger partial charge is 0.379 e. The van der Waals surface area contributed by atoms with Gasteiger partial charge in [-0.3, -0.25) is 14.6 Å². The van der Waals surface area contributed by atoms with Crippen LogP contribution in [0.2, 0.25) is 0 Å². The fourth-order valence-electron chi connectivity index (χ4n) is 5.38. The fraction of sp³-hybridized carbons (Fsp3) is 0.464. The van der Waals surface area contributed by atoms with Crippen LogP contribution in [0, 0.1) is 11.3 Å². The van der Waals surface area contributed by atoms with Crippen molar-refractivity contribution >= 4 is 17.3 Å². The van der Waals surface area contributed by atoms with Crippen LogP contribution in [0.5, 0.6) is 0 Å². The maximum atomic E-state index is 13.7. The normalized spacial score (nSPS) is 20.5. The first kappa shape index (κ1) is 23.5. The topological polar surface area (TPSA) is 67.2 Å². The lowest BCUT2D eigenvalue weighted by molar-refractivity contribution is -0.147. The summed E-state index contributed by atoms with van der Waals surface area (Å²) in [5.41, 5.74) is 2.73. The van der Waals surface area contributed by atoms with Gasteiger partial charge in [0, 0.05) is 56.1 Å². The van der Waals surface area contributed by atoms with Crippen LogP contribution >= 0.6 is 0 Å². The van der Waals surface area contributed by atoms with Gasteiger partial charge in [-0.1, -0.05) is 37.3 Å². The molecule has 7 heteroatoms. The Hall–Kier alpha value is -3.19. The Kier molecular flexibility index (Phi) is 6.86. The second-order valence-electron chi connectivity index (χ2n) is 10.2. The Morgan fingerprint density at radius 3 is 2.63 bits per heavy atom. The number of amides is 2. The molecule has 0 radical (unpaired) electrons. The molecule has 2 amide bonds. The maximum absolute atomic E-state index is 13.7. The molecule has 2 saturated heterocycles. The summed E-state index contributed by atoms with van der Waals surface area (Å²) in [6.07, 6.45) is 8.39. The first-order valence-electron chi connectivity index (χ1n) is 12.6. The minimum absolute atomic E-state index is 0.140. The van der Waals surface area contributed by atoms with Crippen LogP contribution < -0.4 is 0 Å². The molecule has 0 bridgehead atoms. The Morgan fingerprint density at radius 1 is 1.03 bits per heavy atom. The average molecular weight is 475 g/mol. The highest BCUT2D eigenvalue weighted by atomic mass is 16.5. The quantitative estimate of drug-likeness (QED) is 0.570. The van der Waals surface area contributed by atoms with E-state index in [2.05, 4.69) is 22.4 Å². The van der Waals surface area contributed by atoms with Gasteiger partial charge in [-0.15, -0.1) is 0 Å². The first-order valence-corrected chi connectivity index (χ1v) is 12.6. The predicted octanol–water partition coefficient (Wildman–Crippen LogP) is 3.22. The van der Waals surface area contributed by atoms with E-state index in [4.69, 9.17) is 4.74 Å². The van der Waals surface area contributed by atoms with Crippen LogP contribution in [-0.2, 0) is 27.2 Å². The first-order chi connectivity index (χ1) is 17.0.